The van der Waals surface area contributed by atoms with Gasteiger partial charge in [-0.1, -0.05) is 30.0 Å². The van der Waals surface area contributed by atoms with Crippen LogP contribution in [0.1, 0.15) is 28.5 Å². The number of rotatable bonds is 4. The molecule has 1 atom stereocenters. The highest BCUT2D eigenvalue weighted by Crippen LogP contribution is 2.33. The molecule has 8 heteroatoms. The molecule has 1 amide bonds. The van der Waals surface area contributed by atoms with Crippen LogP contribution in [0.2, 0.25) is 0 Å². The summed E-state index contributed by atoms with van der Waals surface area (Å²) in [6.07, 6.45) is 1.74. The third kappa shape index (κ3) is 3.16. The summed E-state index contributed by atoms with van der Waals surface area (Å²) in [5.74, 6) is -0.0595. The molecule has 3 heterocycles. The summed E-state index contributed by atoms with van der Waals surface area (Å²) in [5, 5.41) is 13.1. The van der Waals surface area contributed by atoms with Gasteiger partial charge in [0, 0.05) is 10.6 Å². The third-order valence-electron chi connectivity index (χ3n) is 4.93. The van der Waals surface area contributed by atoms with Gasteiger partial charge >= 0.3 is 0 Å². The number of hydrogen-bond acceptors (Lipinski definition) is 6. The van der Waals surface area contributed by atoms with Gasteiger partial charge in [-0.05, 0) is 51.3 Å². The van der Waals surface area contributed by atoms with E-state index < -0.39 is 0 Å². The molecule has 0 radical (unpaired) electrons. The van der Waals surface area contributed by atoms with E-state index in [1.807, 2.05) is 43.4 Å². The Bertz CT molecular complexity index is 1190. The molecule has 0 bridgehead atoms. The largest absolute Gasteiger partial charge is 0.325 e. The van der Waals surface area contributed by atoms with Crippen LogP contribution < -0.4 is 5.32 Å². The molecule has 1 aromatic carbocycles. The third-order valence-corrected chi connectivity index (χ3v) is 7.10. The van der Waals surface area contributed by atoms with Gasteiger partial charge in [-0.3, -0.25) is 9.20 Å². The number of thiophene rings is 1. The Hall–Kier alpha value is -2.45. The van der Waals surface area contributed by atoms with Gasteiger partial charge < -0.3 is 5.32 Å². The van der Waals surface area contributed by atoms with Crippen LogP contribution in [0.4, 0.5) is 5.69 Å². The molecule has 0 aliphatic rings. The van der Waals surface area contributed by atoms with Crippen LogP contribution in [0.25, 0.3) is 15.9 Å². The minimum Gasteiger partial charge on any atom is -0.325 e. The van der Waals surface area contributed by atoms with Crippen LogP contribution in [0, 0.1) is 27.7 Å². The van der Waals surface area contributed by atoms with E-state index >= 15 is 0 Å². The van der Waals surface area contributed by atoms with Gasteiger partial charge in [-0.15, -0.1) is 21.5 Å². The van der Waals surface area contributed by atoms with Crippen molar-refractivity contribution < 1.29 is 4.79 Å². The standard InChI is InChI=1S/C20H21N5OS2/c1-10-7-6-8-11(2)16(10)22-18(26)14(5)28-20-24-23-17-15-12(3)13(4)27-19(15)21-9-25(17)20/h6-9,14H,1-5H3,(H,22,26)/t14-/m0/s1. The maximum absolute atomic E-state index is 12.7. The summed E-state index contributed by atoms with van der Waals surface area (Å²) in [5.41, 5.74) is 4.94. The van der Waals surface area contributed by atoms with Gasteiger partial charge in [-0.2, -0.15) is 0 Å². The maximum Gasteiger partial charge on any atom is 0.237 e. The minimum absolute atomic E-state index is 0.0595. The van der Waals surface area contributed by atoms with Crippen molar-refractivity contribution in [3.63, 3.8) is 0 Å². The zero-order chi connectivity index (χ0) is 20.0. The Morgan fingerprint density at radius 1 is 1.18 bits per heavy atom. The first kappa shape index (κ1) is 18.9. The first-order valence-electron chi connectivity index (χ1n) is 9.00. The number of amides is 1. The number of nitrogens with zero attached hydrogens (tertiary/aromatic N) is 4. The summed E-state index contributed by atoms with van der Waals surface area (Å²) < 4.78 is 1.87. The molecule has 4 aromatic rings. The second-order valence-electron chi connectivity index (χ2n) is 6.90. The van der Waals surface area contributed by atoms with E-state index in [-0.39, 0.29) is 11.2 Å². The van der Waals surface area contributed by atoms with E-state index in [1.54, 1.807) is 17.7 Å². The number of benzene rings is 1. The van der Waals surface area contributed by atoms with Crippen LogP contribution in [0.3, 0.4) is 0 Å². The average Bonchev–Trinajstić information content (AvgIpc) is 3.19. The zero-order valence-electron chi connectivity index (χ0n) is 16.4. The lowest BCUT2D eigenvalue weighted by Crippen LogP contribution is -2.23. The fourth-order valence-electron chi connectivity index (χ4n) is 3.15. The van der Waals surface area contributed by atoms with E-state index in [0.29, 0.717) is 5.16 Å². The SMILES string of the molecule is Cc1cccc(C)c1NC(=O)[C@H](C)Sc1nnc2c3c(C)c(C)sc3ncn12. The number of hydrogen-bond donors (Lipinski definition) is 1. The molecule has 0 unspecified atom stereocenters. The highest BCUT2D eigenvalue weighted by Gasteiger charge is 2.21. The molecular weight excluding hydrogens is 390 g/mol. The maximum atomic E-state index is 12.7. The van der Waals surface area contributed by atoms with Gasteiger partial charge in [0.1, 0.15) is 11.2 Å². The number of fused-ring (bicyclic) bond motifs is 3. The number of carbonyl (C=O) groups excluding carboxylic acids is 1. The molecule has 3 aromatic heterocycles. The molecule has 144 valence electrons. The molecular formula is C20H21N5OS2. The zero-order valence-corrected chi connectivity index (χ0v) is 18.0. The summed E-state index contributed by atoms with van der Waals surface area (Å²) in [6, 6.07) is 5.98. The second-order valence-corrected chi connectivity index (χ2v) is 9.41. The van der Waals surface area contributed by atoms with E-state index in [4.69, 9.17) is 0 Å². The number of nitrogens with one attached hydrogen (secondary N) is 1. The summed E-state index contributed by atoms with van der Waals surface area (Å²) in [6.45, 7) is 10.0. The van der Waals surface area contributed by atoms with Crippen molar-refractivity contribution in [1.29, 1.82) is 0 Å². The summed E-state index contributed by atoms with van der Waals surface area (Å²) in [7, 11) is 0. The molecule has 0 spiro atoms. The molecule has 1 N–H and O–H groups in total. The highest BCUT2D eigenvalue weighted by molar-refractivity contribution is 8.00. The van der Waals surface area contributed by atoms with Crippen LogP contribution in [0.15, 0.2) is 29.7 Å². The fourth-order valence-corrected chi connectivity index (χ4v) is 4.96. The van der Waals surface area contributed by atoms with Crippen molar-refractivity contribution in [2.75, 3.05) is 5.32 Å². The number of carbonyl (C=O) groups is 1. The van der Waals surface area contributed by atoms with Crippen molar-refractivity contribution in [2.24, 2.45) is 0 Å². The Balaban J connectivity index is 1.61. The number of para-hydroxylation sites is 1. The first-order valence-corrected chi connectivity index (χ1v) is 10.7. The Morgan fingerprint density at radius 2 is 1.89 bits per heavy atom. The Kier molecular flexibility index (Phi) is 4.84. The van der Waals surface area contributed by atoms with Crippen molar-refractivity contribution in [1.82, 2.24) is 19.6 Å². The van der Waals surface area contributed by atoms with Crippen molar-refractivity contribution >= 4 is 50.6 Å². The van der Waals surface area contributed by atoms with Crippen LogP contribution in [-0.2, 0) is 4.79 Å². The lowest BCUT2D eigenvalue weighted by Gasteiger charge is -2.14. The quantitative estimate of drug-likeness (QED) is 0.493. The lowest BCUT2D eigenvalue weighted by atomic mass is 10.1. The smallest absolute Gasteiger partial charge is 0.237 e. The molecule has 0 aliphatic heterocycles. The van der Waals surface area contributed by atoms with Crippen LogP contribution in [-0.4, -0.2) is 30.7 Å². The van der Waals surface area contributed by atoms with Gasteiger partial charge in [0.25, 0.3) is 0 Å². The molecule has 0 saturated heterocycles. The molecule has 0 saturated carbocycles. The van der Waals surface area contributed by atoms with E-state index in [0.717, 1.165) is 32.7 Å². The Labute approximate surface area is 171 Å². The van der Waals surface area contributed by atoms with Crippen LogP contribution >= 0.6 is 23.1 Å². The van der Waals surface area contributed by atoms with Crippen molar-refractivity contribution in [3.8, 4) is 0 Å². The molecule has 28 heavy (non-hydrogen) atoms. The number of aromatic nitrogens is 4. The Morgan fingerprint density at radius 3 is 2.61 bits per heavy atom. The molecule has 6 nitrogen and oxygen atoms in total. The van der Waals surface area contributed by atoms with Gasteiger partial charge in [-0.25, -0.2) is 4.98 Å². The number of thioether (sulfide) groups is 1. The summed E-state index contributed by atoms with van der Waals surface area (Å²) >= 11 is 3.04. The second kappa shape index (κ2) is 7.18. The van der Waals surface area contributed by atoms with Gasteiger partial charge in [0.15, 0.2) is 10.8 Å². The van der Waals surface area contributed by atoms with Crippen LogP contribution in [0.5, 0.6) is 0 Å². The number of anilines is 1. The number of aryl methyl sites for hydroxylation is 4. The van der Waals surface area contributed by atoms with Crippen molar-refractivity contribution in [3.05, 3.63) is 46.1 Å². The minimum atomic E-state index is -0.326. The normalized spacial score (nSPS) is 12.6. The predicted molar refractivity (Wildman–Crippen MR) is 116 cm³/mol. The molecule has 4 rings (SSSR count). The van der Waals surface area contributed by atoms with E-state index in [2.05, 4.69) is 34.3 Å². The highest BCUT2D eigenvalue weighted by atomic mass is 32.2. The van der Waals surface area contributed by atoms with Crippen molar-refractivity contribution in [2.45, 2.75) is 45.0 Å². The van der Waals surface area contributed by atoms with E-state index in [9.17, 15) is 4.79 Å². The van der Waals surface area contributed by atoms with E-state index in [1.165, 1.54) is 22.2 Å². The topological polar surface area (TPSA) is 72.2 Å². The monoisotopic (exact) mass is 411 g/mol. The lowest BCUT2D eigenvalue weighted by molar-refractivity contribution is -0.115. The average molecular weight is 412 g/mol. The molecule has 0 aliphatic carbocycles. The van der Waals surface area contributed by atoms with Gasteiger partial charge in [0.2, 0.25) is 5.91 Å². The molecule has 0 fully saturated rings. The summed E-state index contributed by atoms with van der Waals surface area (Å²) in [4.78, 5) is 19.5. The fraction of sp³-hybridized carbons (Fsp3) is 0.300. The first-order chi connectivity index (χ1) is 13.4. The predicted octanol–water partition coefficient (Wildman–Crippen LogP) is 4.69. The van der Waals surface area contributed by atoms with Gasteiger partial charge in [0.05, 0.1) is 10.6 Å².